The van der Waals surface area contributed by atoms with E-state index in [0.717, 1.165) is 0 Å². The summed E-state index contributed by atoms with van der Waals surface area (Å²) >= 11 is 2.18. The van der Waals surface area contributed by atoms with Gasteiger partial charge in [0.05, 0.1) is 0 Å². The number of nitrogens with one attached hydrogen (secondary N) is 1. The molecule has 3 heteroatoms. The second-order valence-corrected chi connectivity index (χ2v) is 2.61. The van der Waals surface area contributed by atoms with Crippen LogP contribution >= 0.6 is 22.9 Å². The summed E-state index contributed by atoms with van der Waals surface area (Å²) in [6, 6.07) is 0. The molecule has 48 valence electrons. The zero-order chi connectivity index (χ0) is 5.82. The van der Waals surface area contributed by atoms with Crippen LogP contribution in [0, 0.1) is 0 Å². The zero-order valence-electron chi connectivity index (χ0n) is 4.86. The summed E-state index contributed by atoms with van der Waals surface area (Å²) in [6.45, 7) is 2.45. The molecule has 2 nitrogen and oxygen atoms in total. The average Bonchev–Trinajstić information content (AvgIpc) is 1.90. The molecule has 0 aromatic heterocycles. The van der Waals surface area contributed by atoms with Crippen molar-refractivity contribution in [1.82, 2.24) is 8.65 Å². The fourth-order valence-corrected chi connectivity index (χ4v) is 1.46. The first kappa shape index (κ1) is 6.77. The van der Waals surface area contributed by atoms with Crippen LogP contribution in [-0.2, 0) is 0 Å². The first-order chi connectivity index (χ1) is 3.93. The Morgan fingerprint density at radius 1 is 1.12 bits per heavy atom. The van der Waals surface area contributed by atoms with Crippen molar-refractivity contribution in [2.45, 2.75) is 19.3 Å². The number of nitrogens with zero attached hydrogens (tertiary/aromatic N) is 1. The van der Waals surface area contributed by atoms with Gasteiger partial charge in [0.2, 0.25) is 0 Å². The molecular formula is C5H11IN2. The van der Waals surface area contributed by atoms with Crippen molar-refractivity contribution >= 4 is 22.9 Å². The molecule has 1 heterocycles. The summed E-state index contributed by atoms with van der Waals surface area (Å²) in [5.74, 6) is 0. The SMILES string of the molecule is INN1CCCCC1. The van der Waals surface area contributed by atoms with E-state index in [-0.39, 0.29) is 0 Å². The standard InChI is InChI=1S/C5H11IN2/c6-7-8-4-2-1-3-5-8/h7H,1-5H2. The molecule has 0 bridgehead atoms. The first-order valence-electron chi connectivity index (χ1n) is 3.05. The number of hydrogen-bond acceptors (Lipinski definition) is 2. The Kier molecular flexibility index (Phi) is 3.07. The molecule has 0 aliphatic carbocycles. The third-order valence-electron chi connectivity index (χ3n) is 1.48. The maximum atomic E-state index is 3.11. The van der Waals surface area contributed by atoms with Gasteiger partial charge >= 0.3 is 0 Å². The van der Waals surface area contributed by atoms with Gasteiger partial charge in [-0.15, -0.1) is 0 Å². The maximum absolute atomic E-state index is 3.11. The lowest BCUT2D eigenvalue weighted by atomic mass is 10.2. The van der Waals surface area contributed by atoms with Crippen LogP contribution in [0.5, 0.6) is 0 Å². The molecule has 0 radical (unpaired) electrons. The highest BCUT2D eigenvalue weighted by atomic mass is 127. The van der Waals surface area contributed by atoms with Crippen LogP contribution in [0.3, 0.4) is 0 Å². The molecular weight excluding hydrogens is 215 g/mol. The Balaban J connectivity index is 2.13. The number of hydrogen-bond donors (Lipinski definition) is 1. The van der Waals surface area contributed by atoms with E-state index in [9.17, 15) is 0 Å². The van der Waals surface area contributed by atoms with Crippen molar-refractivity contribution in [3.63, 3.8) is 0 Å². The molecule has 1 aliphatic heterocycles. The van der Waals surface area contributed by atoms with Crippen molar-refractivity contribution in [2.75, 3.05) is 13.1 Å². The van der Waals surface area contributed by atoms with E-state index in [0.29, 0.717) is 0 Å². The van der Waals surface area contributed by atoms with Crippen molar-refractivity contribution in [3.05, 3.63) is 0 Å². The van der Waals surface area contributed by atoms with Gasteiger partial charge in [-0.25, -0.2) is 5.01 Å². The monoisotopic (exact) mass is 226 g/mol. The summed E-state index contributed by atoms with van der Waals surface area (Å²) in [6.07, 6.45) is 4.13. The lowest BCUT2D eigenvalue weighted by molar-refractivity contribution is 0.217. The van der Waals surface area contributed by atoms with Gasteiger partial charge in [0.25, 0.3) is 0 Å². The Bertz CT molecular complexity index is 61.4. The number of rotatable bonds is 1. The summed E-state index contributed by atoms with van der Waals surface area (Å²) < 4.78 is 3.11. The summed E-state index contributed by atoms with van der Waals surface area (Å²) in [5.41, 5.74) is 0. The van der Waals surface area contributed by atoms with E-state index < -0.39 is 0 Å². The van der Waals surface area contributed by atoms with Gasteiger partial charge in [-0.3, -0.25) is 0 Å². The van der Waals surface area contributed by atoms with E-state index in [1.165, 1.54) is 32.4 Å². The topological polar surface area (TPSA) is 15.3 Å². The van der Waals surface area contributed by atoms with Gasteiger partial charge < -0.3 is 0 Å². The molecule has 0 amide bonds. The largest absolute Gasteiger partial charge is 0.235 e. The molecule has 0 saturated carbocycles. The minimum atomic E-state index is 1.23. The average molecular weight is 226 g/mol. The van der Waals surface area contributed by atoms with E-state index in [4.69, 9.17) is 0 Å². The quantitative estimate of drug-likeness (QED) is 0.536. The van der Waals surface area contributed by atoms with Crippen molar-refractivity contribution in [2.24, 2.45) is 0 Å². The zero-order valence-corrected chi connectivity index (χ0v) is 7.02. The van der Waals surface area contributed by atoms with E-state index in [2.05, 4.69) is 31.5 Å². The Morgan fingerprint density at radius 3 is 2.12 bits per heavy atom. The highest BCUT2D eigenvalue weighted by Gasteiger charge is 2.06. The van der Waals surface area contributed by atoms with Crippen LogP contribution in [0.4, 0.5) is 0 Å². The lowest BCUT2D eigenvalue weighted by Crippen LogP contribution is -2.35. The van der Waals surface area contributed by atoms with Crippen molar-refractivity contribution in [1.29, 1.82) is 0 Å². The van der Waals surface area contributed by atoms with Crippen molar-refractivity contribution < 1.29 is 0 Å². The van der Waals surface area contributed by atoms with E-state index >= 15 is 0 Å². The molecule has 0 spiro atoms. The maximum Gasteiger partial charge on any atom is 0.0336 e. The van der Waals surface area contributed by atoms with Gasteiger partial charge in [-0.1, -0.05) is 6.42 Å². The Labute approximate surface area is 64.1 Å². The lowest BCUT2D eigenvalue weighted by Gasteiger charge is -2.23. The smallest absolute Gasteiger partial charge is 0.0336 e. The number of hydrazine groups is 1. The minimum Gasteiger partial charge on any atom is -0.235 e. The fraction of sp³-hybridized carbons (Fsp3) is 1.00. The number of halogens is 1. The molecule has 0 aromatic rings. The van der Waals surface area contributed by atoms with Crippen LogP contribution in [0.25, 0.3) is 0 Å². The van der Waals surface area contributed by atoms with E-state index in [1.54, 1.807) is 0 Å². The van der Waals surface area contributed by atoms with Crippen LogP contribution in [-0.4, -0.2) is 18.1 Å². The predicted octanol–water partition coefficient (Wildman–Crippen LogP) is 1.33. The second kappa shape index (κ2) is 3.63. The summed E-state index contributed by atoms with van der Waals surface area (Å²) in [7, 11) is 0. The highest BCUT2D eigenvalue weighted by Crippen LogP contribution is 2.05. The third kappa shape index (κ3) is 1.87. The predicted molar refractivity (Wildman–Crippen MR) is 42.6 cm³/mol. The molecule has 1 N–H and O–H groups in total. The molecule has 1 saturated heterocycles. The van der Waals surface area contributed by atoms with Crippen LogP contribution in [0.15, 0.2) is 0 Å². The van der Waals surface area contributed by atoms with E-state index in [1.807, 2.05) is 0 Å². The molecule has 8 heavy (non-hydrogen) atoms. The fourth-order valence-electron chi connectivity index (χ4n) is 0.978. The van der Waals surface area contributed by atoms with Crippen LogP contribution < -0.4 is 3.64 Å². The van der Waals surface area contributed by atoms with Crippen LogP contribution in [0.2, 0.25) is 0 Å². The van der Waals surface area contributed by atoms with Gasteiger partial charge in [0.15, 0.2) is 0 Å². The molecule has 1 rings (SSSR count). The summed E-state index contributed by atoms with van der Waals surface area (Å²) in [4.78, 5) is 0. The summed E-state index contributed by atoms with van der Waals surface area (Å²) in [5, 5.41) is 2.25. The molecule has 0 unspecified atom stereocenters. The van der Waals surface area contributed by atoms with Gasteiger partial charge in [0, 0.05) is 36.0 Å². The third-order valence-corrected chi connectivity index (χ3v) is 2.16. The molecule has 1 aliphatic rings. The van der Waals surface area contributed by atoms with Crippen LogP contribution in [0.1, 0.15) is 19.3 Å². The first-order valence-corrected chi connectivity index (χ1v) is 4.12. The Morgan fingerprint density at radius 2 is 1.75 bits per heavy atom. The highest BCUT2D eigenvalue weighted by molar-refractivity contribution is 14.1. The van der Waals surface area contributed by atoms with Gasteiger partial charge in [0.1, 0.15) is 0 Å². The molecule has 0 atom stereocenters. The number of piperidine rings is 1. The second-order valence-electron chi connectivity index (χ2n) is 2.13. The van der Waals surface area contributed by atoms with Crippen molar-refractivity contribution in [3.8, 4) is 0 Å². The normalized spacial score (nSPS) is 23.6. The van der Waals surface area contributed by atoms with Gasteiger partial charge in [-0.2, -0.15) is 3.64 Å². The molecule has 0 aromatic carbocycles. The molecule has 1 fully saturated rings. The minimum absolute atomic E-state index is 1.23. The Hall–Kier alpha value is 0.650. The van der Waals surface area contributed by atoms with Gasteiger partial charge in [-0.05, 0) is 12.8 Å².